The second-order valence-corrected chi connectivity index (χ2v) is 6.90. The molecular formula is C19H25N3O2. The molecule has 1 aromatic carbocycles. The Labute approximate surface area is 143 Å². The summed E-state index contributed by atoms with van der Waals surface area (Å²) in [4.78, 5) is 11.3. The molecule has 0 spiro atoms. The summed E-state index contributed by atoms with van der Waals surface area (Å²) in [5, 5.41) is 1.02. The number of morpholine rings is 1. The average molecular weight is 327 g/mol. The van der Waals surface area contributed by atoms with Crippen molar-refractivity contribution >= 4 is 10.9 Å². The third-order valence-corrected chi connectivity index (χ3v) is 5.24. The van der Waals surface area contributed by atoms with Crippen molar-refractivity contribution in [2.75, 3.05) is 26.3 Å². The lowest BCUT2D eigenvalue weighted by molar-refractivity contribution is -0.00126. The van der Waals surface area contributed by atoms with Crippen molar-refractivity contribution < 1.29 is 9.47 Å². The van der Waals surface area contributed by atoms with E-state index in [2.05, 4.69) is 33.9 Å². The van der Waals surface area contributed by atoms with Crippen LogP contribution in [-0.4, -0.2) is 53.3 Å². The van der Waals surface area contributed by atoms with Crippen LogP contribution in [0.2, 0.25) is 0 Å². The van der Waals surface area contributed by atoms with Crippen LogP contribution in [-0.2, 0) is 4.74 Å². The van der Waals surface area contributed by atoms with Crippen LogP contribution in [0.3, 0.4) is 0 Å². The summed E-state index contributed by atoms with van der Waals surface area (Å²) < 4.78 is 11.7. The molecule has 1 aliphatic heterocycles. The van der Waals surface area contributed by atoms with Crippen LogP contribution in [0.5, 0.6) is 5.88 Å². The van der Waals surface area contributed by atoms with Crippen molar-refractivity contribution in [3.05, 3.63) is 30.1 Å². The van der Waals surface area contributed by atoms with Crippen molar-refractivity contribution in [2.24, 2.45) is 0 Å². The highest BCUT2D eigenvalue weighted by Crippen LogP contribution is 2.29. The number of aryl methyl sites for hydroxylation is 1. The first-order valence-corrected chi connectivity index (χ1v) is 8.99. The van der Waals surface area contributed by atoms with E-state index in [1.54, 1.807) is 6.33 Å². The van der Waals surface area contributed by atoms with E-state index in [4.69, 9.17) is 9.47 Å². The number of fused-ring (bicyclic) bond motifs is 1. The Kier molecular flexibility index (Phi) is 4.63. The molecule has 0 unspecified atom stereocenters. The number of nitrogens with zero attached hydrogens (tertiary/aromatic N) is 3. The average Bonchev–Trinajstić information content (AvgIpc) is 2.64. The molecule has 5 nitrogen and oxygen atoms in total. The molecule has 2 aliphatic rings. The minimum absolute atomic E-state index is 0.265. The van der Waals surface area contributed by atoms with E-state index in [1.165, 1.54) is 18.4 Å². The topological polar surface area (TPSA) is 47.5 Å². The lowest BCUT2D eigenvalue weighted by Gasteiger charge is -2.38. The van der Waals surface area contributed by atoms with Gasteiger partial charge in [0.15, 0.2) is 0 Å². The Morgan fingerprint density at radius 2 is 1.88 bits per heavy atom. The van der Waals surface area contributed by atoms with Crippen LogP contribution < -0.4 is 4.74 Å². The zero-order chi connectivity index (χ0) is 16.4. The lowest BCUT2D eigenvalue weighted by atomic mass is 9.91. The summed E-state index contributed by atoms with van der Waals surface area (Å²) in [5.74, 6) is 0.735. The molecule has 24 heavy (non-hydrogen) atoms. The van der Waals surface area contributed by atoms with E-state index < -0.39 is 0 Å². The van der Waals surface area contributed by atoms with Gasteiger partial charge < -0.3 is 9.47 Å². The molecule has 0 N–H and O–H groups in total. The van der Waals surface area contributed by atoms with Gasteiger partial charge in [0.2, 0.25) is 5.88 Å². The maximum atomic E-state index is 6.26. The molecule has 1 saturated carbocycles. The fraction of sp³-hybridized carbons (Fsp3) is 0.579. The Hall–Kier alpha value is -1.72. The van der Waals surface area contributed by atoms with Crippen LogP contribution >= 0.6 is 0 Å². The van der Waals surface area contributed by atoms with E-state index in [1.807, 2.05) is 6.07 Å². The highest BCUT2D eigenvalue weighted by atomic mass is 16.5. The van der Waals surface area contributed by atoms with Crippen molar-refractivity contribution in [2.45, 2.75) is 44.8 Å². The molecule has 1 aliphatic carbocycles. The quantitative estimate of drug-likeness (QED) is 0.867. The summed E-state index contributed by atoms with van der Waals surface area (Å²) in [6, 6.07) is 6.92. The highest BCUT2D eigenvalue weighted by molar-refractivity contribution is 5.83. The van der Waals surface area contributed by atoms with Gasteiger partial charge in [-0.3, -0.25) is 4.90 Å². The second-order valence-electron chi connectivity index (χ2n) is 6.90. The Morgan fingerprint density at radius 3 is 2.67 bits per heavy atom. The predicted molar refractivity (Wildman–Crippen MR) is 93.3 cm³/mol. The maximum absolute atomic E-state index is 6.26. The Balaban J connectivity index is 1.41. The van der Waals surface area contributed by atoms with E-state index in [0.29, 0.717) is 6.04 Å². The standard InChI is InChI=1S/C19H25N3O2/c1-14-2-7-18-17(12-14)19(21-13-20-18)24-16-5-3-15(4-6-16)22-8-10-23-11-9-22/h2,7,12-13,15-16H,3-6,8-11H2,1H3. The van der Waals surface area contributed by atoms with E-state index in [0.717, 1.165) is 55.9 Å². The number of aromatic nitrogens is 2. The van der Waals surface area contributed by atoms with E-state index >= 15 is 0 Å². The molecule has 1 saturated heterocycles. The maximum Gasteiger partial charge on any atom is 0.224 e. The van der Waals surface area contributed by atoms with E-state index in [9.17, 15) is 0 Å². The summed E-state index contributed by atoms with van der Waals surface area (Å²) in [6.07, 6.45) is 6.46. The molecule has 2 fully saturated rings. The molecule has 0 amide bonds. The van der Waals surface area contributed by atoms with Crippen LogP contribution in [0.1, 0.15) is 31.2 Å². The summed E-state index contributed by atoms with van der Waals surface area (Å²) in [7, 11) is 0. The third-order valence-electron chi connectivity index (χ3n) is 5.24. The summed E-state index contributed by atoms with van der Waals surface area (Å²) >= 11 is 0. The fourth-order valence-electron chi connectivity index (χ4n) is 3.87. The van der Waals surface area contributed by atoms with Gasteiger partial charge in [-0.15, -0.1) is 0 Å². The molecule has 2 heterocycles. The zero-order valence-corrected chi connectivity index (χ0v) is 14.3. The molecule has 128 valence electrons. The van der Waals surface area contributed by atoms with Crippen LogP contribution in [0.4, 0.5) is 0 Å². The third kappa shape index (κ3) is 3.37. The first-order chi connectivity index (χ1) is 11.8. The second kappa shape index (κ2) is 7.03. The summed E-state index contributed by atoms with van der Waals surface area (Å²) in [6.45, 7) is 5.99. The minimum atomic E-state index is 0.265. The van der Waals surface area contributed by atoms with Gasteiger partial charge in [-0.25, -0.2) is 9.97 Å². The molecular weight excluding hydrogens is 302 g/mol. The normalized spacial score (nSPS) is 25.7. The van der Waals surface area contributed by atoms with Gasteiger partial charge in [0, 0.05) is 19.1 Å². The predicted octanol–water partition coefficient (Wildman–Crippen LogP) is 2.96. The summed E-state index contributed by atoms with van der Waals surface area (Å²) in [5.41, 5.74) is 2.16. The Bertz CT molecular complexity index is 692. The molecule has 5 heteroatoms. The SMILES string of the molecule is Cc1ccc2ncnc(OC3CCC(N4CCOCC4)CC3)c2c1. The molecule has 4 rings (SSSR count). The molecule has 2 aromatic rings. The van der Waals surface area contributed by atoms with Crippen LogP contribution in [0, 0.1) is 6.92 Å². The highest BCUT2D eigenvalue weighted by Gasteiger charge is 2.28. The van der Waals surface area contributed by atoms with Gasteiger partial charge in [0.25, 0.3) is 0 Å². The Morgan fingerprint density at radius 1 is 1.08 bits per heavy atom. The monoisotopic (exact) mass is 327 g/mol. The van der Waals surface area contributed by atoms with Crippen molar-refractivity contribution in [1.82, 2.24) is 14.9 Å². The number of rotatable bonds is 3. The number of hydrogen-bond acceptors (Lipinski definition) is 5. The van der Waals surface area contributed by atoms with Crippen LogP contribution in [0.15, 0.2) is 24.5 Å². The lowest BCUT2D eigenvalue weighted by Crippen LogP contribution is -2.46. The molecule has 1 aromatic heterocycles. The molecule has 0 radical (unpaired) electrons. The first-order valence-electron chi connectivity index (χ1n) is 8.99. The van der Waals surface area contributed by atoms with Crippen molar-refractivity contribution in [3.8, 4) is 5.88 Å². The number of benzene rings is 1. The molecule has 0 atom stereocenters. The zero-order valence-electron chi connectivity index (χ0n) is 14.3. The van der Waals surface area contributed by atoms with Gasteiger partial charge in [-0.1, -0.05) is 11.6 Å². The van der Waals surface area contributed by atoms with Crippen LogP contribution in [0.25, 0.3) is 10.9 Å². The van der Waals surface area contributed by atoms with Gasteiger partial charge in [-0.05, 0) is 44.7 Å². The number of hydrogen-bond donors (Lipinski definition) is 0. The minimum Gasteiger partial charge on any atom is -0.474 e. The van der Waals surface area contributed by atoms with Gasteiger partial charge in [0.05, 0.1) is 24.1 Å². The van der Waals surface area contributed by atoms with Gasteiger partial charge in [-0.2, -0.15) is 0 Å². The largest absolute Gasteiger partial charge is 0.474 e. The van der Waals surface area contributed by atoms with Gasteiger partial charge in [0.1, 0.15) is 12.4 Å². The van der Waals surface area contributed by atoms with E-state index in [-0.39, 0.29) is 6.10 Å². The smallest absolute Gasteiger partial charge is 0.224 e. The molecule has 0 bridgehead atoms. The fourth-order valence-corrected chi connectivity index (χ4v) is 3.87. The number of ether oxygens (including phenoxy) is 2. The van der Waals surface area contributed by atoms with Crippen molar-refractivity contribution in [3.63, 3.8) is 0 Å². The van der Waals surface area contributed by atoms with Gasteiger partial charge >= 0.3 is 0 Å². The van der Waals surface area contributed by atoms with Crippen molar-refractivity contribution in [1.29, 1.82) is 0 Å². The first kappa shape index (κ1) is 15.8.